The maximum atomic E-state index is 12.6. The van der Waals surface area contributed by atoms with Gasteiger partial charge in [0.2, 0.25) is 0 Å². The quantitative estimate of drug-likeness (QED) is 0.462. The molecule has 1 aromatic heterocycles. The third-order valence-corrected chi connectivity index (χ3v) is 5.81. The smallest absolute Gasteiger partial charge is 0.256 e. The van der Waals surface area contributed by atoms with Crippen molar-refractivity contribution in [2.24, 2.45) is 0 Å². The van der Waals surface area contributed by atoms with E-state index < -0.39 is 0 Å². The Kier molecular flexibility index (Phi) is 5.68. The number of rotatable bonds is 6. The zero-order chi connectivity index (χ0) is 17.6. The molecule has 0 aliphatic rings. The molecule has 1 amide bonds. The van der Waals surface area contributed by atoms with Crippen LogP contribution in [0.5, 0.6) is 0 Å². The lowest BCUT2D eigenvalue weighted by molar-refractivity contribution is 0.101. The van der Waals surface area contributed by atoms with Gasteiger partial charge in [0, 0.05) is 26.8 Å². The van der Waals surface area contributed by atoms with E-state index in [1.165, 1.54) is 11.8 Å². The molecule has 3 nitrogen and oxygen atoms in total. The van der Waals surface area contributed by atoms with Crippen LogP contribution >= 0.6 is 23.1 Å². The Labute approximate surface area is 155 Å². The van der Waals surface area contributed by atoms with Crippen LogP contribution in [0.15, 0.2) is 70.9 Å². The molecule has 3 rings (SSSR count). The highest BCUT2D eigenvalue weighted by atomic mass is 32.2. The zero-order valence-electron chi connectivity index (χ0n) is 13.7. The van der Waals surface area contributed by atoms with Crippen LogP contribution < -0.4 is 5.32 Å². The lowest BCUT2D eigenvalue weighted by Crippen LogP contribution is -2.13. The molecule has 5 heteroatoms. The van der Waals surface area contributed by atoms with E-state index >= 15 is 0 Å². The predicted octanol–water partition coefficient (Wildman–Crippen LogP) is 5.50. The number of amides is 1. The summed E-state index contributed by atoms with van der Waals surface area (Å²) < 4.78 is 0. The Morgan fingerprint density at radius 1 is 1.00 bits per heavy atom. The first kappa shape index (κ1) is 17.5. The summed E-state index contributed by atoms with van der Waals surface area (Å²) in [6.45, 7) is 1.52. The monoisotopic (exact) mass is 367 g/mol. The fourth-order valence-electron chi connectivity index (χ4n) is 2.31. The first-order valence-corrected chi connectivity index (χ1v) is 9.66. The summed E-state index contributed by atoms with van der Waals surface area (Å²) in [7, 11) is 0. The van der Waals surface area contributed by atoms with Crippen molar-refractivity contribution >= 4 is 40.5 Å². The third-order valence-electron chi connectivity index (χ3n) is 3.63. The Hall–Kier alpha value is -2.37. The molecule has 0 saturated carbocycles. The predicted molar refractivity (Wildman–Crippen MR) is 105 cm³/mol. The Bertz CT molecular complexity index is 871. The molecule has 0 aliphatic carbocycles. The molecule has 1 heterocycles. The highest BCUT2D eigenvalue weighted by Gasteiger charge is 2.12. The summed E-state index contributed by atoms with van der Waals surface area (Å²) in [5.41, 5.74) is 1.96. The van der Waals surface area contributed by atoms with Gasteiger partial charge in [-0.25, -0.2) is 0 Å². The number of thioether (sulfide) groups is 1. The summed E-state index contributed by atoms with van der Waals surface area (Å²) in [4.78, 5) is 26.2. The average molecular weight is 367 g/mol. The molecule has 3 aromatic rings. The number of thiophene rings is 1. The molecule has 0 fully saturated rings. The van der Waals surface area contributed by atoms with Crippen molar-refractivity contribution in [1.82, 2.24) is 0 Å². The minimum Gasteiger partial charge on any atom is -0.322 e. The van der Waals surface area contributed by atoms with Gasteiger partial charge in [0.1, 0.15) is 0 Å². The second-order valence-electron chi connectivity index (χ2n) is 5.45. The van der Waals surface area contributed by atoms with Crippen LogP contribution in [-0.4, -0.2) is 11.7 Å². The van der Waals surface area contributed by atoms with Crippen LogP contribution in [0.2, 0.25) is 0 Å². The number of carbonyl (C=O) groups is 2. The minimum absolute atomic E-state index is 0.00759. The van der Waals surface area contributed by atoms with Crippen LogP contribution in [0.25, 0.3) is 0 Å². The van der Waals surface area contributed by atoms with E-state index in [0.717, 1.165) is 10.6 Å². The fourth-order valence-corrected chi connectivity index (χ4v) is 4.13. The number of anilines is 1. The standard InChI is InChI=1S/C20H17NO2S2/c1-14(22)15-8-10-16(11-9-15)21-20(23)18-6-2-3-7-19(18)25-13-17-5-4-12-24-17/h2-12H,13H2,1H3,(H,21,23). The van der Waals surface area contributed by atoms with Gasteiger partial charge in [-0.3, -0.25) is 9.59 Å². The second-order valence-corrected chi connectivity index (χ2v) is 7.50. The number of carbonyl (C=O) groups excluding carboxylic acids is 2. The van der Waals surface area contributed by atoms with Gasteiger partial charge in [-0.2, -0.15) is 0 Å². The number of hydrogen-bond acceptors (Lipinski definition) is 4. The average Bonchev–Trinajstić information content (AvgIpc) is 3.14. The molecule has 25 heavy (non-hydrogen) atoms. The van der Waals surface area contributed by atoms with Crippen LogP contribution in [-0.2, 0) is 5.75 Å². The zero-order valence-corrected chi connectivity index (χ0v) is 15.3. The van der Waals surface area contributed by atoms with Crippen molar-refractivity contribution < 1.29 is 9.59 Å². The Balaban J connectivity index is 1.72. The van der Waals surface area contributed by atoms with E-state index in [2.05, 4.69) is 16.8 Å². The molecule has 0 atom stereocenters. The van der Waals surface area contributed by atoms with Gasteiger partial charge in [0.05, 0.1) is 5.56 Å². The van der Waals surface area contributed by atoms with Gasteiger partial charge in [-0.05, 0) is 54.8 Å². The summed E-state index contributed by atoms with van der Waals surface area (Å²) in [5, 5.41) is 4.95. The number of nitrogens with one attached hydrogen (secondary N) is 1. The molecule has 1 N–H and O–H groups in total. The molecule has 2 aromatic carbocycles. The number of benzene rings is 2. The van der Waals surface area contributed by atoms with Crippen molar-refractivity contribution in [3.8, 4) is 0 Å². The van der Waals surface area contributed by atoms with Gasteiger partial charge < -0.3 is 5.32 Å². The largest absolute Gasteiger partial charge is 0.322 e. The Morgan fingerprint density at radius 3 is 2.44 bits per heavy atom. The summed E-state index contributed by atoms with van der Waals surface area (Å²) >= 11 is 3.37. The van der Waals surface area contributed by atoms with Crippen molar-refractivity contribution in [3.05, 3.63) is 82.0 Å². The van der Waals surface area contributed by atoms with Gasteiger partial charge in [0.25, 0.3) is 5.91 Å². The summed E-state index contributed by atoms with van der Waals surface area (Å²) in [5.74, 6) is 0.702. The molecule has 0 radical (unpaired) electrons. The van der Waals surface area contributed by atoms with Gasteiger partial charge in [-0.1, -0.05) is 18.2 Å². The normalized spacial score (nSPS) is 10.4. The molecule has 0 aliphatic heterocycles. The summed E-state index contributed by atoms with van der Waals surface area (Å²) in [6, 6.07) is 18.7. The van der Waals surface area contributed by atoms with E-state index in [1.807, 2.05) is 30.3 Å². The van der Waals surface area contributed by atoms with Crippen LogP contribution in [0.1, 0.15) is 32.5 Å². The molecule has 0 saturated heterocycles. The first-order chi connectivity index (χ1) is 12.1. The molecular formula is C20H17NO2S2. The highest BCUT2D eigenvalue weighted by Crippen LogP contribution is 2.28. The van der Waals surface area contributed by atoms with Gasteiger partial charge in [-0.15, -0.1) is 23.1 Å². The van der Waals surface area contributed by atoms with E-state index in [0.29, 0.717) is 16.8 Å². The Morgan fingerprint density at radius 2 is 1.76 bits per heavy atom. The van der Waals surface area contributed by atoms with Crippen molar-refractivity contribution in [2.45, 2.75) is 17.6 Å². The van der Waals surface area contributed by atoms with Crippen molar-refractivity contribution in [3.63, 3.8) is 0 Å². The second kappa shape index (κ2) is 8.14. The van der Waals surface area contributed by atoms with Crippen molar-refractivity contribution in [1.29, 1.82) is 0 Å². The number of Topliss-reactive ketones (excluding diaryl/α,β-unsaturated/α-hetero) is 1. The first-order valence-electron chi connectivity index (χ1n) is 7.80. The molecular weight excluding hydrogens is 350 g/mol. The number of hydrogen-bond donors (Lipinski definition) is 1. The van der Waals surface area contributed by atoms with E-state index in [4.69, 9.17) is 0 Å². The number of ketones is 1. The van der Waals surface area contributed by atoms with Gasteiger partial charge in [0.15, 0.2) is 5.78 Å². The van der Waals surface area contributed by atoms with Crippen LogP contribution in [0.3, 0.4) is 0 Å². The SMILES string of the molecule is CC(=O)c1ccc(NC(=O)c2ccccc2SCc2cccs2)cc1. The minimum atomic E-state index is -0.148. The van der Waals surface area contributed by atoms with E-state index in [-0.39, 0.29) is 11.7 Å². The third kappa shape index (κ3) is 4.59. The maximum absolute atomic E-state index is 12.6. The maximum Gasteiger partial charge on any atom is 0.256 e. The summed E-state index contributed by atoms with van der Waals surface area (Å²) in [6.07, 6.45) is 0. The highest BCUT2D eigenvalue weighted by molar-refractivity contribution is 7.98. The van der Waals surface area contributed by atoms with Gasteiger partial charge >= 0.3 is 0 Å². The molecule has 126 valence electrons. The molecule has 0 unspecified atom stereocenters. The van der Waals surface area contributed by atoms with Crippen LogP contribution in [0, 0.1) is 0 Å². The lowest BCUT2D eigenvalue weighted by atomic mass is 10.1. The fraction of sp³-hybridized carbons (Fsp3) is 0.100. The topological polar surface area (TPSA) is 46.2 Å². The van der Waals surface area contributed by atoms with Crippen molar-refractivity contribution in [2.75, 3.05) is 5.32 Å². The van der Waals surface area contributed by atoms with Crippen LogP contribution in [0.4, 0.5) is 5.69 Å². The van der Waals surface area contributed by atoms with E-state index in [1.54, 1.807) is 47.4 Å². The van der Waals surface area contributed by atoms with E-state index in [9.17, 15) is 9.59 Å². The molecule has 0 spiro atoms. The lowest BCUT2D eigenvalue weighted by Gasteiger charge is -2.10. The molecule has 0 bridgehead atoms.